The van der Waals surface area contributed by atoms with Gasteiger partial charge < -0.3 is 9.80 Å². The van der Waals surface area contributed by atoms with Crippen LogP contribution in [0.5, 0.6) is 0 Å². The van der Waals surface area contributed by atoms with Crippen LogP contribution in [0.15, 0.2) is 157 Å². The van der Waals surface area contributed by atoms with Gasteiger partial charge in [-0.05, 0) is 111 Å². The van der Waals surface area contributed by atoms with Crippen molar-refractivity contribution in [1.82, 2.24) is 0 Å². The van der Waals surface area contributed by atoms with Crippen molar-refractivity contribution < 1.29 is 0 Å². The van der Waals surface area contributed by atoms with E-state index in [0.29, 0.717) is 11.8 Å². The first-order chi connectivity index (χ1) is 24.3. The Morgan fingerprint density at radius 1 is 0.620 bits per heavy atom. The fourth-order valence-electron chi connectivity index (χ4n) is 9.93. The molecule has 0 spiro atoms. The molecule has 4 aliphatic carbocycles. The number of nitrogens with zero attached hydrogens (tertiary/aromatic N) is 2. The zero-order valence-electron chi connectivity index (χ0n) is 29.3. The average Bonchev–Trinajstić information content (AvgIpc) is 3.69. The van der Waals surface area contributed by atoms with Gasteiger partial charge in [-0.25, -0.2) is 0 Å². The van der Waals surface area contributed by atoms with E-state index >= 15 is 0 Å². The number of rotatable bonds is 4. The number of benzene rings is 5. The Hall–Kier alpha value is -5.34. The molecule has 10 rings (SSSR count). The van der Waals surface area contributed by atoms with Gasteiger partial charge in [0.1, 0.15) is 0 Å². The quantitative estimate of drug-likeness (QED) is 0.192. The first-order valence-corrected chi connectivity index (χ1v) is 18.2. The molecule has 2 nitrogen and oxygen atoms in total. The zero-order valence-corrected chi connectivity index (χ0v) is 29.3. The summed E-state index contributed by atoms with van der Waals surface area (Å²) in [6.07, 6.45) is 15.0. The summed E-state index contributed by atoms with van der Waals surface area (Å²) in [5, 5.41) is 0. The van der Waals surface area contributed by atoms with Crippen molar-refractivity contribution in [3.8, 4) is 11.1 Å². The van der Waals surface area contributed by atoms with Gasteiger partial charge in [0.25, 0.3) is 0 Å². The molecule has 0 saturated carbocycles. The maximum Gasteiger partial charge on any atom is 0.0629 e. The summed E-state index contributed by atoms with van der Waals surface area (Å²) in [6.45, 7) is 9.65. The van der Waals surface area contributed by atoms with Gasteiger partial charge >= 0.3 is 0 Å². The molecule has 2 heteroatoms. The summed E-state index contributed by atoms with van der Waals surface area (Å²) in [4.78, 5) is 5.10. The molecule has 5 aromatic rings. The first-order valence-electron chi connectivity index (χ1n) is 18.2. The van der Waals surface area contributed by atoms with Crippen LogP contribution in [0.4, 0.5) is 22.7 Å². The van der Waals surface area contributed by atoms with Crippen LogP contribution in [-0.4, -0.2) is 6.04 Å². The number of para-hydroxylation sites is 1. The molecule has 5 aromatic carbocycles. The second-order valence-electron chi connectivity index (χ2n) is 15.8. The standard InChI is InChI=1S/C48H42N2/c1-47(2)41-19-11-8-16-35(41)37-25-22-33(29-43(37)47)49(34-23-26-38-36-17-9-12-20-42(36)48(3,4)44(38)30-34)32-24-27-46-40(28-32)39-18-10-13-21-45(39)50(46)31-14-6-5-7-15-31/h5-29,39,44-45H,30H2,1-4H3. The summed E-state index contributed by atoms with van der Waals surface area (Å²) in [7, 11) is 0. The van der Waals surface area contributed by atoms with E-state index in [1.165, 1.54) is 73.0 Å². The molecule has 50 heavy (non-hydrogen) atoms. The third kappa shape index (κ3) is 4.08. The number of hydrogen-bond acceptors (Lipinski definition) is 2. The Bertz CT molecular complexity index is 2330. The largest absolute Gasteiger partial charge is 0.333 e. The topological polar surface area (TPSA) is 6.48 Å². The minimum Gasteiger partial charge on any atom is -0.333 e. The maximum atomic E-state index is 2.58. The van der Waals surface area contributed by atoms with E-state index in [2.05, 4.69) is 189 Å². The minimum atomic E-state index is -0.0721. The molecule has 3 atom stereocenters. The monoisotopic (exact) mass is 646 g/mol. The molecular weight excluding hydrogens is 605 g/mol. The Morgan fingerprint density at radius 2 is 1.30 bits per heavy atom. The Kier molecular flexibility index (Phi) is 6.26. The van der Waals surface area contributed by atoms with Crippen molar-refractivity contribution in [3.63, 3.8) is 0 Å². The van der Waals surface area contributed by atoms with Gasteiger partial charge in [0.15, 0.2) is 0 Å². The van der Waals surface area contributed by atoms with Crippen LogP contribution in [0.2, 0.25) is 0 Å². The van der Waals surface area contributed by atoms with Gasteiger partial charge in [0.05, 0.1) is 6.04 Å². The molecule has 5 aliphatic rings. The summed E-state index contributed by atoms with van der Waals surface area (Å²) < 4.78 is 0. The van der Waals surface area contributed by atoms with Gasteiger partial charge in [-0.2, -0.15) is 0 Å². The highest BCUT2D eigenvalue weighted by Crippen LogP contribution is 2.56. The van der Waals surface area contributed by atoms with E-state index in [9.17, 15) is 0 Å². The number of fused-ring (bicyclic) bond motifs is 9. The lowest BCUT2D eigenvalue weighted by atomic mass is 9.73. The normalized spacial score (nSPS) is 22.5. The molecule has 3 unspecified atom stereocenters. The smallest absolute Gasteiger partial charge is 0.0629 e. The molecule has 0 fully saturated rings. The predicted molar refractivity (Wildman–Crippen MR) is 210 cm³/mol. The molecular formula is C48H42N2. The number of allylic oxidation sites excluding steroid dienone is 6. The minimum absolute atomic E-state index is 0.0513. The average molecular weight is 647 g/mol. The van der Waals surface area contributed by atoms with E-state index in [0.717, 1.165) is 6.42 Å². The second kappa shape index (κ2) is 10.6. The van der Waals surface area contributed by atoms with Crippen LogP contribution in [0, 0.1) is 5.92 Å². The molecule has 0 N–H and O–H groups in total. The van der Waals surface area contributed by atoms with Gasteiger partial charge in [0, 0.05) is 39.8 Å². The molecule has 0 radical (unpaired) electrons. The molecule has 1 aliphatic heterocycles. The molecule has 244 valence electrons. The summed E-state index contributed by atoms with van der Waals surface area (Å²) in [6, 6.07) is 43.6. The highest BCUT2D eigenvalue weighted by atomic mass is 15.2. The molecule has 0 saturated heterocycles. The van der Waals surface area contributed by atoms with Crippen LogP contribution in [0.1, 0.15) is 67.9 Å². The van der Waals surface area contributed by atoms with Crippen LogP contribution >= 0.6 is 0 Å². The Balaban J connectivity index is 1.14. The second-order valence-corrected chi connectivity index (χ2v) is 15.8. The highest BCUT2D eigenvalue weighted by Gasteiger charge is 2.45. The lowest BCUT2D eigenvalue weighted by Crippen LogP contribution is -2.29. The predicted octanol–water partition coefficient (Wildman–Crippen LogP) is 12.1. The Labute approximate surface area is 296 Å². The maximum absolute atomic E-state index is 2.58. The van der Waals surface area contributed by atoms with Crippen molar-refractivity contribution >= 4 is 28.3 Å². The van der Waals surface area contributed by atoms with Crippen LogP contribution in [0.25, 0.3) is 16.7 Å². The summed E-state index contributed by atoms with van der Waals surface area (Å²) >= 11 is 0. The molecule has 0 bridgehead atoms. The van der Waals surface area contributed by atoms with Gasteiger partial charge in [-0.1, -0.05) is 131 Å². The van der Waals surface area contributed by atoms with Crippen molar-refractivity contribution in [2.75, 3.05) is 9.80 Å². The SMILES string of the molecule is CC1(C)c2ccccc2-c2ccc(N(C3=CC=C4c5ccccc5C(C)(C)C4C3)c3ccc4c(c3)C3C=CC=CC3N4c3ccccc3)cc21. The van der Waals surface area contributed by atoms with E-state index in [1.54, 1.807) is 0 Å². The Morgan fingerprint density at radius 3 is 2.14 bits per heavy atom. The van der Waals surface area contributed by atoms with Crippen LogP contribution in [0.3, 0.4) is 0 Å². The lowest BCUT2D eigenvalue weighted by molar-refractivity contribution is 0.406. The van der Waals surface area contributed by atoms with Gasteiger partial charge in [0.2, 0.25) is 0 Å². The zero-order chi connectivity index (χ0) is 33.8. The highest BCUT2D eigenvalue weighted by molar-refractivity contribution is 5.86. The van der Waals surface area contributed by atoms with Gasteiger partial charge in [-0.3, -0.25) is 0 Å². The van der Waals surface area contributed by atoms with Gasteiger partial charge in [-0.15, -0.1) is 0 Å². The van der Waals surface area contributed by atoms with Crippen molar-refractivity contribution in [2.24, 2.45) is 5.92 Å². The van der Waals surface area contributed by atoms with E-state index in [4.69, 9.17) is 0 Å². The van der Waals surface area contributed by atoms with Crippen molar-refractivity contribution in [1.29, 1.82) is 0 Å². The third-order valence-corrected chi connectivity index (χ3v) is 12.5. The molecule has 1 heterocycles. The number of hydrogen-bond donors (Lipinski definition) is 0. The first kappa shape index (κ1) is 29.6. The van der Waals surface area contributed by atoms with Crippen molar-refractivity contribution in [3.05, 3.63) is 185 Å². The fraction of sp³-hybridized carbons (Fsp3) is 0.208. The van der Waals surface area contributed by atoms with Crippen LogP contribution in [-0.2, 0) is 10.8 Å². The lowest BCUT2D eigenvalue weighted by Gasteiger charge is -2.37. The van der Waals surface area contributed by atoms with Crippen LogP contribution < -0.4 is 9.80 Å². The van der Waals surface area contributed by atoms with E-state index < -0.39 is 0 Å². The summed E-state index contributed by atoms with van der Waals surface area (Å²) in [5.74, 6) is 0.705. The fourth-order valence-corrected chi connectivity index (χ4v) is 9.93. The van der Waals surface area contributed by atoms with Crippen molar-refractivity contribution in [2.45, 2.75) is 56.9 Å². The van der Waals surface area contributed by atoms with E-state index in [-0.39, 0.29) is 16.9 Å². The number of anilines is 4. The van der Waals surface area contributed by atoms with E-state index in [1.807, 2.05) is 0 Å². The summed E-state index contributed by atoms with van der Waals surface area (Å²) in [5.41, 5.74) is 17.6. The molecule has 0 amide bonds. The third-order valence-electron chi connectivity index (χ3n) is 12.5. The molecule has 0 aromatic heterocycles.